The molecule has 0 radical (unpaired) electrons. The molecule has 3 aliphatic rings. The number of aromatic nitrogens is 3. The summed E-state index contributed by atoms with van der Waals surface area (Å²) in [5, 5.41) is 13.9. The summed E-state index contributed by atoms with van der Waals surface area (Å²) in [4.78, 5) is 30.8. The van der Waals surface area contributed by atoms with Crippen LogP contribution in [0.15, 0.2) is 42.2 Å². The Bertz CT molecular complexity index is 1330. The summed E-state index contributed by atoms with van der Waals surface area (Å²) in [5.41, 5.74) is 3.77. The molecular weight excluding hydrogens is 436 g/mol. The Labute approximate surface area is 194 Å². The Hall–Kier alpha value is -3.46. The summed E-state index contributed by atoms with van der Waals surface area (Å²) >= 11 is 1.45. The number of fused-ring (bicyclic) bond motifs is 1. The SMILES string of the molecule is C=C1NC(=O)C/C1=C\c1cnn2c(NC3CC3)cc(-c3ccc(C(=O)NC4CCC4)s3)nc12. The molecular formula is C24H24N6O2S. The average molecular weight is 461 g/mol. The van der Waals surface area contributed by atoms with Gasteiger partial charge in [0.15, 0.2) is 5.65 Å². The normalized spacial score (nSPS) is 19.7. The molecule has 4 heterocycles. The van der Waals surface area contributed by atoms with Crippen molar-refractivity contribution in [1.82, 2.24) is 25.2 Å². The highest BCUT2D eigenvalue weighted by molar-refractivity contribution is 7.17. The molecule has 1 aliphatic heterocycles. The third-order valence-corrected chi connectivity index (χ3v) is 7.42. The van der Waals surface area contributed by atoms with Crippen LogP contribution in [0.3, 0.4) is 0 Å². The first-order chi connectivity index (χ1) is 16.0. The second kappa shape index (κ2) is 7.84. The van der Waals surface area contributed by atoms with E-state index in [-0.39, 0.29) is 11.8 Å². The van der Waals surface area contributed by atoms with Gasteiger partial charge in [0.1, 0.15) is 5.82 Å². The molecule has 0 atom stereocenters. The van der Waals surface area contributed by atoms with Crippen LogP contribution in [0.1, 0.15) is 53.8 Å². The van der Waals surface area contributed by atoms with Gasteiger partial charge in [0.25, 0.3) is 5.91 Å². The molecule has 33 heavy (non-hydrogen) atoms. The minimum Gasteiger partial charge on any atom is -0.367 e. The van der Waals surface area contributed by atoms with Crippen molar-refractivity contribution in [2.45, 2.75) is 50.6 Å². The first-order valence-electron chi connectivity index (χ1n) is 11.3. The highest BCUT2D eigenvalue weighted by Crippen LogP contribution is 2.33. The number of hydrogen-bond donors (Lipinski definition) is 3. The highest BCUT2D eigenvalue weighted by atomic mass is 32.1. The minimum atomic E-state index is -0.0567. The molecule has 2 amide bonds. The van der Waals surface area contributed by atoms with Crippen LogP contribution in [0.25, 0.3) is 22.3 Å². The van der Waals surface area contributed by atoms with Crippen LogP contribution in [0.4, 0.5) is 5.82 Å². The van der Waals surface area contributed by atoms with Gasteiger partial charge in [0.05, 0.1) is 28.1 Å². The maximum Gasteiger partial charge on any atom is 0.261 e. The van der Waals surface area contributed by atoms with Gasteiger partial charge in [-0.05, 0) is 55.9 Å². The second-order valence-electron chi connectivity index (χ2n) is 8.92. The first-order valence-corrected chi connectivity index (χ1v) is 12.1. The monoisotopic (exact) mass is 460 g/mol. The van der Waals surface area contributed by atoms with Gasteiger partial charge in [-0.25, -0.2) is 4.98 Å². The van der Waals surface area contributed by atoms with Gasteiger partial charge in [-0.1, -0.05) is 6.58 Å². The number of thiophene rings is 1. The summed E-state index contributed by atoms with van der Waals surface area (Å²) in [6.45, 7) is 3.93. The predicted octanol–water partition coefficient (Wildman–Crippen LogP) is 3.73. The van der Waals surface area contributed by atoms with Crippen LogP contribution in [0, 0.1) is 0 Å². The van der Waals surface area contributed by atoms with Crippen molar-refractivity contribution in [3.63, 3.8) is 0 Å². The smallest absolute Gasteiger partial charge is 0.261 e. The predicted molar refractivity (Wildman–Crippen MR) is 128 cm³/mol. The molecule has 3 N–H and O–H groups in total. The molecule has 2 aliphatic carbocycles. The summed E-state index contributed by atoms with van der Waals surface area (Å²) in [7, 11) is 0. The number of hydrogen-bond acceptors (Lipinski definition) is 6. The van der Waals surface area contributed by atoms with Gasteiger partial charge in [-0.3, -0.25) is 9.59 Å². The van der Waals surface area contributed by atoms with Crippen molar-refractivity contribution in [2.75, 3.05) is 5.32 Å². The lowest BCUT2D eigenvalue weighted by Crippen LogP contribution is -2.39. The topological polar surface area (TPSA) is 100 Å². The zero-order valence-electron chi connectivity index (χ0n) is 18.1. The van der Waals surface area contributed by atoms with E-state index in [4.69, 9.17) is 4.98 Å². The van der Waals surface area contributed by atoms with E-state index in [1.165, 1.54) is 17.8 Å². The maximum absolute atomic E-state index is 12.6. The lowest BCUT2D eigenvalue weighted by atomic mass is 9.93. The Kier molecular flexibility index (Phi) is 4.79. The number of rotatable bonds is 6. The largest absolute Gasteiger partial charge is 0.367 e. The lowest BCUT2D eigenvalue weighted by molar-refractivity contribution is -0.118. The van der Waals surface area contributed by atoms with E-state index in [0.29, 0.717) is 34.7 Å². The third-order valence-electron chi connectivity index (χ3n) is 6.31. The van der Waals surface area contributed by atoms with Crippen molar-refractivity contribution in [3.8, 4) is 10.6 Å². The molecule has 3 aromatic rings. The number of carbonyl (C=O) groups excluding carboxylic acids is 2. The van der Waals surface area contributed by atoms with E-state index in [2.05, 4.69) is 27.6 Å². The number of nitrogens with zero attached hydrogens (tertiary/aromatic N) is 3. The van der Waals surface area contributed by atoms with Crippen LogP contribution in [-0.4, -0.2) is 38.5 Å². The standard InChI is InChI=1S/C24H24N6O2S/c1-13-14(10-22(31)26-13)9-15-12-25-30-21(27-17-5-6-17)11-18(29-23(15)30)19-7-8-20(33-19)24(32)28-16-3-2-4-16/h7-9,11-12,16-17,27H,1-6,10H2,(H,26,31)(H,28,32)/b14-9+. The Morgan fingerprint density at radius 1 is 1.24 bits per heavy atom. The Balaban J connectivity index is 1.38. The van der Waals surface area contributed by atoms with E-state index in [1.54, 1.807) is 10.7 Å². The highest BCUT2D eigenvalue weighted by Gasteiger charge is 2.25. The van der Waals surface area contributed by atoms with Gasteiger partial charge in [0.2, 0.25) is 5.91 Å². The van der Waals surface area contributed by atoms with E-state index in [9.17, 15) is 9.59 Å². The van der Waals surface area contributed by atoms with Gasteiger partial charge >= 0.3 is 0 Å². The number of amides is 2. The van der Waals surface area contributed by atoms with Gasteiger partial charge in [-0.15, -0.1) is 11.3 Å². The molecule has 1 saturated heterocycles. The second-order valence-corrected chi connectivity index (χ2v) is 10.0. The van der Waals surface area contributed by atoms with Crippen molar-refractivity contribution in [3.05, 3.63) is 52.7 Å². The molecule has 8 nitrogen and oxygen atoms in total. The van der Waals surface area contributed by atoms with Gasteiger partial charge < -0.3 is 16.0 Å². The van der Waals surface area contributed by atoms with Crippen LogP contribution in [0.2, 0.25) is 0 Å². The van der Waals surface area contributed by atoms with Crippen molar-refractivity contribution in [2.24, 2.45) is 0 Å². The summed E-state index contributed by atoms with van der Waals surface area (Å²) < 4.78 is 1.80. The fraction of sp³-hybridized carbons (Fsp3) is 0.333. The quantitative estimate of drug-likeness (QED) is 0.520. The third kappa shape index (κ3) is 3.93. The van der Waals surface area contributed by atoms with E-state index in [0.717, 1.165) is 53.2 Å². The number of carbonyl (C=O) groups is 2. The first kappa shape index (κ1) is 20.2. The number of anilines is 1. The molecule has 0 aromatic carbocycles. The van der Waals surface area contributed by atoms with Gasteiger partial charge in [0, 0.05) is 29.4 Å². The molecule has 3 aromatic heterocycles. The molecule has 168 valence electrons. The van der Waals surface area contributed by atoms with Crippen LogP contribution in [-0.2, 0) is 4.79 Å². The molecule has 0 spiro atoms. The van der Waals surface area contributed by atoms with E-state index in [1.807, 2.05) is 24.3 Å². The average Bonchev–Trinajstić information content (AvgIpc) is 3.15. The van der Waals surface area contributed by atoms with E-state index >= 15 is 0 Å². The maximum atomic E-state index is 12.6. The zero-order valence-corrected chi connectivity index (χ0v) is 18.9. The van der Waals surface area contributed by atoms with Crippen LogP contribution < -0.4 is 16.0 Å². The molecule has 3 fully saturated rings. The minimum absolute atomic E-state index is 0.0138. The Morgan fingerprint density at radius 3 is 2.79 bits per heavy atom. The number of nitrogens with one attached hydrogen (secondary N) is 3. The molecule has 2 saturated carbocycles. The fourth-order valence-corrected chi connectivity index (χ4v) is 4.92. The lowest BCUT2D eigenvalue weighted by Gasteiger charge is -2.25. The van der Waals surface area contributed by atoms with E-state index < -0.39 is 0 Å². The summed E-state index contributed by atoms with van der Waals surface area (Å²) in [6, 6.07) is 6.57. The van der Waals surface area contributed by atoms with Crippen molar-refractivity contribution < 1.29 is 9.59 Å². The zero-order chi connectivity index (χ0) is 22.5. The van der Waals surface area contributed by atoms with Crippen molar-refractivity contribution in [1.29, 1.82) is 0 Å². The Morgan fingerprint density at radius 2 is 2.09 bits per heavy atom. The van der Waals surface area contributed by atoms with Crippen molar-refractivity contribution >= 4 is 40.7 Å². The molecule has 0 unspecified atom stereocenters. The molecule has 0 bridgehead atoms. The van der Waals surface area contributed by atoms with Crippen LogP contribution >= 0.6 is 11.3 Å². The number of allylic oxidation sites excluding steroid dienone is 1. The molecule has 6 rings (SSSR count). The fourth-order valence-electron chi connectivity index (χ4n) is 4.05. The molecule has 9 heteroatoms. The summed E-state index contributed by atoms with van der Waals surface area (Å²) in [6.07, 6.45) is 9.56. The summed E-state index contributed by atoms with van der Waals surface area (Å²) in [5.74, 6) is 0.800. The van der Waals surface area contributed by atoms with Crippen LogP contribution in [0.5, 0.6) is 0 Å². The van der Waals surface area contributed by atoms with Gasteiger partial charge in [-0.2, -0.15) is 9.61 Å².